The second kappa shape index (κ2) is 14.8. The first-order valence-electron chi connectivity index (χ1n) is 10.8. The topological polar surface area (TPSA) is 189 Å². The van der Waals surface area contributed by atoms with Gasteiger partial charge in [0.15, 0.2) is 11.4 Å². The van der Waals surface area contributed by atoms with Crippen LogP contribution < -0.4 is 5.11 Å². The number of carboxylic acids is 3. The van der Waals surface area contributed by atoms with E-state index in [1.165, 1.54) is 12.1 Å². The first-order valence-corrected chi connectivity index (χ1v) is 10.8. The number of hydrogen-bond acceptors (Lipinski definition) is 8. The van der Waals surface area contributed by atoms with Gasteiger partial charge in [-0.1, -0.05) is 39.8 Å². The van der Waals surface area contributed by atoms with Crippen LogP contribution >= 0.6 is 0 Å². The molecule has 1 aromatic carbocycles. The Hall–Kier alpha value is -3.31. The third-order valence-electron chi connectivity index (χ3n) is 4.12. The van der Waals surface area contributed by atoms with Gasteiger partial charge < -0.3 is 34.8 Å². The van der Waals surface area contributed by atoms with Crippen LogP contribution in [0, 0.1) is 11.8 Å². The van der Waals surface area contributed by atoms with Crippen molar-refractivity contribution in [2.45, 2.75) is 46.1 Å². The van der Waals surface area contributed by atoms with Gasteiger partial charge in [0.2, 0.25) is 5.78 Å². The minimum Gasteiger partial charge on any atom is -0.550 e. The number of carboxylic acid groups (broad SMARTS) is 3. The van der Waals surface area contributed by atoms with E-state index in [4.69, 9.17) is 15.3 Å². The minimum atomic E-state index is -1.84. The summed E-state index contributed by atoms with van der Waals surface area (Å²) in [6.07, 6.45) is -0.519. The van der Waals surface area contributed by atoms with E-state index in [1.807, 2.05) is 0 Å². The number of para-hydroxylation sites is 1. The molecule has 11 heteroatoms. The number of aliphatic hydroxyl groups is 1. The highest BCUT2D eigenvalue weighted by Gasteiger charge is 2.42. The van der Waals surface area contributed by atoms with Crippen molar-refractivity contribution in [1.82, 2.24) is 0 Å². The van der Waals surface area contributed by atoms with Gasteiger partial charge in [-0.25, -0.2) is 9.59 Å². The molecule has 0 aliphatic carbocycles. The van der Waals surface area contributed by atoms with Crippen LogP contribution in [0.25, 0.3) is 0 Å². The highest BCUT2D eigenvalue weighted by Crippen LogP contribution is 2.19. The maximum Gasteiger partial charge on any atom is 0.372 e. The van der Waals surface area contributed by atoms with E-state index in [2.05, 4.69) is 0 Å². The van der Waals surface area contributed by atoms with Crippen molar-refractivity contribution in [1.29, 1.82) is 0 Å². The summed E-state index contributed by atoms with van der Waals surface area (Å²) in [4.78, 5) is 52.9. The average molecular weight is 500 g/mol. The first kappa shape index (κ1) is 33.9. The highest BCUT2D eigenvalue weighted by atomic mass is 16.4. The van der Waals surface area contributed by atoms with Gasteiger partial charge in [0, 0.05) is 24.7 Å². The third-order valence-corrected chi connectivity index (χ3v) is 4.12. The normalized spacial score (nSPS) is 12.4. The number of quaternary nitrogens is 1. The van der Waals surface area contributed by atoms with Gasteiger partial charge in [0.05, 0.1) is 21.1 Å². The van der Waals surface area contributed by atoms with Crippen molar-refractivity contribution >= 4 is 29.5 Å². The van der Waals surface area contributed by atoms with Crippen LogP contribution in [0.4, 0.5) is 0 Å². The Morgan fingerprint density at radius 1 is 0.971 bits per heavy atom. The Bertz CT molecular complexity index is 887. The summed E-state index contributed by atoms with van der Waals surface area (Å²) in [6, 6.07) is 5.81. The van der Waals surface area contributed by atoms with Crippen molar-refractivity contribution < 1.29 is 54.0 Å². The molecule has 198 valence electrons. The molecule has 35 heavy (non-hydrogen) atoms. The van der Waals surface area contributed by atoms with Gasteiger partial charge in [0.25, 0.3) is 0 Å². The van der Waals surface area contributed by atoms with E-state index < -0.39 is 47.4 Å². The Kier molecular flexibility index (Phi) is 14.4. The zero-order chi connectivity index (χ0) is 28.1. The molecule has 0 bridgehead atoms. The summed E-state index contributed by atoms with van der Waals surface area (Å²) >= 11 is 0. The molecule has 1 unspecified atom stereocenters. The number of carbonyl (C=O) groups is 5. The van der Waals surface area contributed by atoms with Crippen LogP contribution in [0.5, 0.6) is 5.75 Å². The zero-order valence-corrected chi connectivity index (χ0v) is 21.3. The van der Waals surface area contributed by atoms with Crippen LogP contribution in [0.1, 0.15) is 50.9 Å². The predicted octanol–water partition coefficient (Wildman–Crippen LogP) is 0.565. The molecule has 0 radical (unpaired) electrons. The largest absolute Gasteiger partial charge is 0.550 e. The maximum absolute atomic E-state index is 11.8. The Labute approximate surface area is 205 Å². The van der Waals surface area contributed by atoms with E-state index in [-0.39, 0.29) is 30.2 Å². The molecule has 0 saturated carbocycles. The number of ketones is 2. The molecule has 0 aliphatic heterocycles. The number of aromatic carboxylic acids is 1. The number of Topliss-reactive ketones (excluding diaryl/α,β-unsaturated/α-hetero) is 2. The fourth-order valence-electron chi connectivity index (χ4n) is 2.89. The maximum atomic E-state index is 11.8. The van der Waals surface area contributed by atoms with Crippen LogP contribution in [0.3, 0.4) is 0 Å². The number of aliphatic carboxylic acids is 2. The molecule has 1 aromatic rings. The number of likely N-dealkylation sites (N-methyl/N-ethyl adjacent to an activating group) is 1. The molecule has 11 nitrogen and oxygen atoms in total. The van der Waals surface area contributed by atoms with Gasteiger partial charge in [-0.2, -0.15) is 0 Å². The van der Waals surface area contributed by atoms with Crippen molar-refractivity contribution in [2.75, 3.05) is 27.7 Å². The predicted molar refractivity (Wildman–Crippen MR) is 124 cm³/mol. The van der Waals surface area contributed by atoms with Crippen molar-refractivity contribution in [3.63, 3.8) is 0 Å². The van der Waals surface area contributed by atoms with E-state index in [0.717, 1.165) is 0 Å². The number of rotatable bonds is 10. The summed E-state index contributed by atoms with van der Waals surface area (Å²) in [5.41, 5.74) is -1.91. The Balaban J connectivity index is 0. The molecule has 0 saturated heterocycles. The SMILES string of the molecule is CC(C)C(=O)C(O)(CC(=O)[O-])C[N+](C)(C)C.CC(C)CC(=O)C(=O)O.O=C(O)c1ccccc1O. The smallest absolute Gasteiger partial charge is 0.372 e. The van der Waals surface area contributed by atoms with Crippen LogP contribution in [0.15, 0.2) is 24.3 Å². The van der Waals surface area contributed by atoms with Crippen molar-refractivity contribution in [3.8, 4) is 5.75 Å². The highest BCUT2D eigenvalue weighted by molar-refractivity contribution is 6.32. The summed E-state index contributed by atoms with van der Waals surface area (Å²) in [5, 5.41) is 46.2. The van der Waals surface area contributed by atoms with E-state index in [9.17, 15) is 34.2 Å². The second-order valence-electron chi connectivity index (χ2n) is 9.70. The summed E-state index contributed by atoms with van der Waals surface area (Å²) in [5.74, 6) is -5.49. The van der Waals surface area contributed by atoms with E-state index >= 15 is 0 Å². The second-order valence-corrected chi connectivity index (χ2v) is 9.70. The molecule has 4 N–H and O–H groups in total. The molecule has 0 aromatic heterocycles. The summed E-state index contributed by atoms with van der Waals surface area (Å²) in [6.45, 7) is 6.94. The summed E-state index contributed by atoms with van der Waals surface area (Å²) < 4.78 is 0.308. The number of nitrogens with zero attached hydrogens (tertiary/aromatic N) is 1. The van der Waals surface area contributed by atoms with Crippen LogP contribution in [0.2, 0.25) is 0 Å². The third kappa shape index (κ3) is 15.3. The quantitative estimate of drug-likeness (QED) is 0.261. The molecular weight excluding hydrogens is 462 g/mol. The van der Waals surface area contributed by atoms with Gasteiger partial charge >= 0.3 is 11.9 Å². The number of hydrogen-bond donors (Lipinski definition) is 4. The number of phenols is 1. The lowest BCUT2D eigenvalue weighted by atomic mass is 9.87. The van der Waals surface area contributed by atoms with Gasteiger partial charge in [0.1, 0.15) is 17.9 Å². The van der Waals surface area contributed by atoms with Gasteiger partial charge in [-0.05, 0) is 18.1 Å². The lowest BCUT2D eigenvalue weighted by Crippen LogP contribution is -2.57. The Morgan fingerprint density at radius 2 is 1.46 bits per heavy atom. The van der Waals surface area contributed by atoms with Crippen molar-refractivity contribution in [3.05, 3.63) is 29.8 Å². The van der Waals surface area contributed by atoms with Crippen LogP contribution in [-0.4, -0.2) is 87.7 Å². The van der Waals surface area contributed by atoms with E-state index in [1.54, 1.807) is 61.0 Å². The lowest BCUT2D eigenvalue weighted by Gasteiger charge is -2.35. The van der Waals surface area contributed by atoms with Gasteiger partial charge in [-0.15, -0.1) is 0 Å². The first-order chi connectivity index (χ1) is 15.7. The van der Waals surface area contributed by atoms with Crippen LogP contribution in [-0.2, 0) is 19.2 Å². The minimum absolute atomic E-state index is 0.0536. The molecule has 1 rings (SSSR count). The molecular formula is C24H37NO10. The summed E-state index contributed by atoms with van der Waals surface area (Å²) in [7, 11) is 5.36. The zero-order valence-electron chi connectivity index (χ0n) is 21.3. The molecule has 0 amide bonds. The number of carbonyl (C=O) groups excluding carboxylic acids is 3. The molecule has 0 aliphatic rings. The number of benzene rings is 1. The average Bonchev–Trinajstić information content (AvgIpc) is 2.65. The fraction of sp³-hybridized carbons (Fsp3) is 0.542. The lowest BCUT2D eigenvalue weighted by molar-refractivity contribution is -0.875. The molecule has 0 spiro atoms. The molecule has 0 fully saturated rings. The van der Waals surface area contributed by atoms with E-state index in [0.29, 0.717) is 4.48 Å². The monoisotopic (exact) mass is 499 g/mol. The standard InChI is InChI=1S/C11H21NO4.C7H6O3.C6H10O3/c1-8(2)10(15)11(16,6-9(13)14)7-12(3,4)5;8-6-4-2-1-3-5(6)7(9)10;1-4(2)3-5(7)6(8)9/h8,16H,6-7H2,1-5H3;1-4,8H,(H,9,10);4H,3H2,1-2H3,(H,8,9). The molecule has 0 heterocycles. The van der Waals surface area contributed by atoms with Crippen molar-refractivity contribution in [2.24, 2.45) is 11.8 Å². The fourth-order valence-corrected chi connectivity index (χ4v) is 2.89. The van der Waals surface area contributed by atoms with Gasteiger partial charge in [-0.3, -0.25) is 9.59 Å². The Morgan fingerprint density at radius 3 is 1.71 bits per heavy atom. The number of aromatic hydroxyl groups is 1. The molecule has 1 atom stereocenters.